The zero-order chi connectivity index (χ0) is 38.3. The van der Waals surface area contributed by atoms with Crippen LogP contribution in [0.4, 0.5) is 10.6 Å². The van der Waals surface area contributed by atoms with Crippen LogP contribution in [-0.4, -0.2) is 86.2 Å². The highest BCUT2D eigenvalue weighted by Gasteiger charge is 2.38. The Hall–Kier alpha value is -5.90. The number of nitrogens with one attached hydrogen (secondary N) is 3. The van der Waals surface area contributed by atoms with E-state index in [1.54, 1.807) is 30.3 Å². The molecule has 1 aromatic heterocycles. The molecule has 53 heavy (non-hydrogen) atoms. The summed E-state index contributed by atoms with van der Waals surface area (Å²) in [5.41, 5.74) is 19.2. The molecule has 0 unspecified atom stereocenters. The Bertz CT molecular complexity index is 1780. The highest BCUT2D eigenvalue weighted by molar-refractivity contribution is 6.04. The van der Waals surface area contributed by atoms with Gasteiger partial charge in [-0.25, -0.2) is 4.79 Å². The number of carbonyl (C=O) groups is 5. The second-order valence-electron chi connectivity index (χ2n) is 13.1. The normalized spacial score (nSPS) is 14.8. The van der Waals surface area contributed by atoms with Gasteiger partial charge in [-0.3, -0.25) is 29.1 Å². The minimum absolute atomic E-state index is 0.0363. The summed E-state index contributed by atoms with van der Waals surface area (Å²) in [5, 5.41) is 15.9. The van der Waals surface area contributed by atoms with Crippen LogP contribution in [0.1, 0.15) is 68.6 Å². The topological polar surface area (TPSA) is 246 Å². The molecule has 1 heterocycles. The average molecular weight is 728 g/mol. The average Bonchev–Trinajstić information content (AvgIpc) is 3.60. The van der Waals surface area contributed by atoms with Gasteiger partial charge in [-0.1, -0.05) is 84.6 Å². The van der Waals surface area contributed by atoms with Crippen molar-refractivity contribution in [3.63, 3.8) is 0 Å². The molecule has 0 radical (unpaired) electrons. The van der Waals surface area contributed by atoms with Crippen LogP contribution in [-0.2, 0) is 25.6 Å². The van der Waals surface area contributed by atoms with Gasteiger partial charge < -0.3 is 33.2 Å². The molecule has 9 N–H and O–H groups in total. The van der Waals surface area contributed by atoms with Gasteiger partial charge in [-0.05, 0) is 56.7 Å². The van der Waals surface area contributed by atoms with Crippen LogP contribution in [0.25, 0.3) is 6.08 Å². The van der Waals surface area contributed by atoms with Gasteiger partial charge in [0.1, 0.15) is 12.1 Å². The Morgan fingerprint density at radius 2 is 1.70 bits per heavy atom. The molecule has 2 aromatic carbocycles. The van der Waals surface area contributed by atoms with E-state index >= 15 is 0 Å². The molecule has 16 nitrogen and oxygen atoms in total. The summed E-state index contributed by atoms with van der Waals surface area (Å²) in [4.78, 5) is 73.6. The number of aliphatic imine (C=N–C) groups is 1. The Morgan fingerprint density at radius 3 is 2.38 bits per heavy atom. The van der Waals surface area contributed by atoms with Crippen molar-refractivity contribution in [3.05, 3.63) is 83.6 Å². The highest BCUT2D eigenvalue weighted by Crippen LogP contribution is 2.25. The second-order valence-corrected chi connectivity index (χ2v) is 13.1. The molecule has 0 aliphatic heterocycles. The number of anilines is 1. The smallest absolute Gasteiger partial charge is 0.355 e. The van der Waals surface area contributed by atoms with Crippen LogP contribution < -0.4 is 33.2 Å². The summed E-state index contributed by atoms with van der Waals surface area (Å²) in [6.07, 6.45) is 8.27. The molecule has 16 heteroatoms. The molecule has 282 valence electrons. The molecule has 5 amide bonds. The Labute approximate surface area is 308 Å². The van der Waals surface area contributed by atoms with Gasteiger partial charge in [0.2, 0.25) is 17.7 Å². The number of amides is 5. The van der Waals surface area contributed by atoms with Crippen LogP contribution in [0.15, 0.2) is 71.9 Å². The summed E-state index contributed by atoms with van der Waals surface area (Å²) in [5.74, 6) is -2.57. The third-order valence-corrected chi connectivity index (χ3v) is 8.72. The zero-order valence-corrected chi connectivity index (χ0v) is 30.1. The fourth-order valence-corrected chi connectivity index (χ4v) is 6.01. The standard InChI is InChI=1S/C37H49N11O5/c1-24-11-9-14-27(21-24)18-19-32(49)45-31-23-42-46-48(31)37(53)47(28-15-7-4-8-16-28)35(52)30(22-26-12-5-3-6-13-26)44-34(51)29(43-33(50)25(2)38)17-10-20-41-36(39)40/h3,5-6,9,11-14,18-19,21,23,25,28-30H,4,7-8,10,15-17,20,22,38H2,1-2H3,(H,43,50)(H,44,51)(H,45,49)(H4,39,40,41)/t25-,29-,30-/m0/s1. The number of aryl methyl sites for hydroxylation is 1. The van der Waals surface area contributed by atoms with E-state index in [1.165, 1.54) is 19.2 Å². The summed E-state index contributed by atoms with van der Waals surface area (Å²) < 4.78 is 0.877. The van der Waals surface area contributed by atoms with Crippen molar-refractivity contribution < 1.29 is 24.0 Å². The van der Waals surface area contributed by atoms with Crippen molar-refractivity contribution in [3.8, 4) is 0 Å². The maximum absolute atomic E-state index is 14.7. The fraction of sp³-hybridized carbons (Fsp3) is 0.405. The van der Waals surface area contributed by atoms with E-state index in [2.05, 4.69) is 31.3 Å². The second kappa shape index (κ2) is 19.6. The van der Waals surface area contributed by atoms with Crippen LogP contribution >= 0.6 is 0 Å². The van der Waals surface area contributed by atoms with Crippen molar-refractivity contribution in [1.29, 1.82) is 0 Å². The van der Waals surface area contributed by atoms with E-state index in [1.807, 2.05) is 37.3 Å². The van der Waals surface area contributed by atoms with Crippen molar-refractivity contribution in [2.24, 2.45) is 22.2 Å². The Balaban J connectivity index is 1.63. The first-order chi connectivity index (χ1) is 25.4. The summed E-state index contributed by atoms with van der Waals surface area (Å²) in [7, 11) is 0. The van der Waals surface area contributed by atoms with Crippen molar-refractivity contribution in [2.75, 3.05) is 11.9 Å². The zero-order valence-electron chi connectivity index (χ0n) is 30.1. The number of hydrogen-bond acceptors (Lipinski definition) is 9. The van der Waals surface area contributed by atoms with Gasteiger partial charge >= 0.3 is 6.03 Å². The molecule has 0 saturated heterocycles. The molecule has 1 saturated carbocycles. The number of hydrogen-bond donors (Lipinski definition) is 6. The van der Waals surface area contributed by atoms with Gasteiger partial charge in [0.15, 0.2) is 11.8 Å². The first-order valence-electron chi connectivity index (χ1n) is 17.7. The maximum atomic E-state index is 14.7. The van der Waals surface area contributed by atoms with E-state index in [0.29, 0.717) is 19.3 Å². The number of benzene rings is 2. The molecule has 3 atom stereocenters. The lowest BCUT2D eigenvalue weighted by atomic mass is 9.93. The first kappa shape index (κ1) is 39.9. The van der Waals surface area contributed by atoms with Crippen LogP contribution in [0.2, 0.25) is 0 Å². The molecular weight excluding hydrogens is 678 g/mol. The summed E-state index contributed by atoms with van der Waals surface area (Å²) in [6.45, 7) is 3.63. The Morgan fingerprint density at radius 1 is 0.981 bits per heavy atom. The highest BCUT2D eigenvalue weighted by atomic mass is 16.2. The van der Waals surface area contributed by atoms with E-state index in [-0.39, 0.29) is 31.2 Å². The monoisotopic (exact) mass is 727 g/mol. The van der Waals surface area contributed by atoms with E-state index < -0.39 is 53.8 Å². The molecule has 4 rings (SSSR count). The Kier molecular flexibility index (Phi) is 14.8. The minimum Gasteiger partial charge on any atom is -0.370 e. The largest absolute Gasteiger partial charge is 0.370 e. The number of imide groups is 1. The number of nitrogens with two attached hydrogens (primary N) is 3. The van der Waals surface area contributed by atoms with E-state index in [4.69, 9.17) is 17.2 Å². The third kappa shape index (κ3) is 12.1. The first-order valence-corrected chi connectivity index (χ1v) is 17.7. The quantitative estimate of drug-likeness (QED) is 0.0575. The predicted molar refractivity (Wildman–Crippen MR) is 201 cm³/mol. The molecule has 1 fully saturated rings. The van der Waals surface area contributed by atoms with Gasteiger partial charge in [0, 0.05) is 25.1 Å². The SMILES string of the molecule is Cc1cccc(C=CC(=O)Nc2cnnn2C(=O)N(C(=O)[C@H](Cc2ccccc2)NC(=O)[C@H](CCCN=C(N)N)NC(=O)[C@H](C)N)C2CCCCC2)c1. The van der Waals surface area contributed by atoms with Crippen molar-refractivity contribution in [1.82, 2.24) is 30.5 Å². The third-order valence-electron chi connectivity index (χ3n) is 8.72. The van der Waals surface area contributed by atoms with Crippen molar-refractivity contribution >= 4 is 47.5 Å². The molecule has 3 aromatic rings. The number of carbonyl (C=O) groups excluding carboxylic acids is 5. The lowest BCUT2D eigenvalue weighted by molar-refractivity contribution is -0.137. The van der Waals surface area contributed by atoms with Gasteiger partial charge in [-0.2, -0.15) is 0 Å². The van der Waals surface area contributed by atoms with Crippen LogP contribution in [0.5, 0.6) is 0 Å². The molecular formula is C37H49N11O5. The molecule has 1 aliphatic rings. The molecule has 1 aliphatic carbocycles. The lowest BCUT2D eigenvalue weighted by Crippen LogP contribution is -2.59. The number of nitrogens with zero attached hydrogens (tertiary/aromatic N) is 5. The number of guanidine groups is 1. The number of rotatable bonds is 15. The maximum Gasteiger partial charge on any atom is 0.355 e. The number of aromatic nitrogens is 3. The minimum atomic E-state index is -1.23. The van der Waals surface area contributed by atoms with Gasteiger partial charge in [-0.15, -0.1) is 9.78 Å². The van der Waals surface area contributed by atoms with Crippen molar-refractivity contribution in [2.45, 2.75) is 89.4 Å². The van der Waals surface area contributed by atoms with Crippen LogP contribution in [0.3, 0.4) is 0 Å². The summed E-state index contributed by atoms with van der Waals surface area (Å²) in [6, 6.07) is 12.1. The molecule has 0 bridgehead atoms. The predicted octanol–water partition coefficient (Wildman–Crippen LogP) is 1.98. The fourth-order valence-electron chi connectivity index (χ4n) is 6.01. The van der Waals surface area contributed by atoms with Gasteiger partial charge in [0.25, 0.3) is 5.91 Å². The van der Waals surface area contributed by atoms with Crippen LogP contribution in [0, 0.1) is 6.92 Å². The van der Waals surface area contributed by atoms with Gasteiger partial charge in [0.05, 0.1) is 12.2 Å². The molecule has 0 spiro atoms. The lowest BCUT2D eigenvalue weighted by Gasteiger charge is -2.35. The summed E-state index contributed by atoms with van der Waals surface area (Å²) >= 11 is 0. The van der Waals surface area contributed by atoms with E-state index in [0.717, 1.165) is 45.5 Å². The van der Waals surface area contributed by atoms with E-state index in [9.17, 15) is 24.0 Å².